The van der Waals surface area contributed by atoms with Crippen LogP contribution in [0.5, 0.6) is 0 Å². The molecule has 0 aromatic rings. The van der Waals surface area contributed by atoms with Gasteiger partial charge >= 0.3 is 0 Å². The molecule has 6 heteroatoms. The Kier molecular flexibility index (Phi) is 6.22. The Morgan fingerprint density at radius 1 is 0.929 bits per heavy atom. The van der Waals surface area contributed by atoms with Crippen molar-refractivity contribution in [3.8, 4) is 0 Å². The van der Waals surface area contributed by atoms with Crippen molar-refractivity contribution < 1.29 is 4.74 Å². The molecule has 76 valence electrons. The molecule has 6 nitrogen and oxygen atoms in total. The smallest absolute Gasteiger partial charge is 0.0530 e. The van der Waals surface area contributed by atoms with Crippen LogP contribution in [0.3, 0.4) is 0 Å². The highest BCUT2D eigenvalue weighted by molar-refractivity contribution is 5.70. The maximum atomic E-state index is 5.07. The van der Waals surface area contributed by atoms with Crippen LogP contribution in [0, 0.1) is 0 Å². The molecule has 14 heavy (non-hydrogen) atoms. The van der Waals surface area contributed by atoms with Gasteiger partial charge in [-0.1, -0.05) is 0 Å². The molecular weight excluding hydrogens is 182 g/mol. The van der Waals surface area contributed by atoms with Crippen molar-refractivity contribution >= 4 is 6.21 Å². The molecule has 0 atom stereocenters. The SMILES string of the molecule is C1=CN=N/N=N\N=C1.C1CCOCC1. The van der Waals surface area contributed by atoms with E-state index >= 15 is 0 Å². The topological polar surface area (TPSA) is 71.0 Å². The number of hydrogen-bond acceptors (Lipinski definition) is 6. The van der Waals surface area contributed by atoms with Crippen molar-refractivity contribution in [1.29, 1.82) is 0 Å². The first-order chi connectivity index (χ1) is 7.00. The zero-order valence-corrected chi connectivity index (χ0v) is 7.91. The van der Waals surface area contributed by atoms with Gasteiger partial charge in [-0.2, -0.15) is 0 Å². The maximum Gasteiger partial charge on any atom is 0.0530 e. The van der Waals surface area contributed by atoms with Gasteiger partial charge in [0.2, 0.25) is 0 Å². The van der Waals surface area contributed by atoms with E-state index in [1.165, 1.54) is 31.7 Å². The third kappa shape index (κ3) is 6.13. The van der Waals surface area contributed by atoms with Gasteiger partial charge < -0.3 is 4.74 Å². The Labute approximate surface area is 82.4 Å². The number of ether oxygens (including phenoxy) is 1. The van der Waals surface area contributed by atoms with Crippen molar-refractivity contribution in [2.45, 2.75) is 19.3 Å². The van der Waals surface area contributed by atoms with Gasteiger partial charge in [-0.05, 0) is 41.0 Å². The second kappa shape index (κ2) is 8.18. The quantitative estimate of drug-likeness (QED) is 0.585. The third-order valence-corrected chi connectivity index (χ3v) is 1.57. The number of allylic oxidation sites excluding steroid dienone is 1. The lowest BCUT2D eigenvalue weighted by atomic mass is 10.2. The van der Waals surface area contributed by atoms with Crippen LogP contribution in [0.15, 0.2) is 38.2 Å². The molecule has 0 amide bonds. The van der Waals surface area contributed by atoms with Crippen LogP contribution >= 0.6 is 0 Å². The van der Waals surface area contributed by atoms with E-state index in [-0.39, 0.29) is 0 Å². The minimum absolute atomic E-state index is 1.00. The van der Waals surface area contributed by atoms with Crippen LogP contribution in [0.25, 0.3) is 0 Å². The van der Waals surface area contributed by atoms with Crippen LogP contribution in [-0.2, 0) is 4.74 Å². The summed E-state index contributed by atoms with van der Waals surface area (Å²) in [6.45, 7) is 2.00. The molecule has 2 aliphatic heterocycles. The largest absolute Gasteiger partial charge is 0.381 e. The van der Waals surface area contributed by atoms with Crippen LogP contribution in [-0.4, -0.2) is 19.4 Å². The van der Waals surface area contributed by atoms with Crippen molar-refractivity contribution in [2.24, 2.45) is 25.9 Å². The first-order valence-corrected chi connectivity index (χ1v) is 4.56. The number of rotatable bonds is 0. The predicted molar refractivity (Wildman–Crippen MR) is 52.0 cm³/mol. The van der Waals surface area contributed by atoms with Gasteiger partial charge in [0.25, 0.3) is 0 Å². The van der Waals surface area contributed by atoms with Gasteiger partial charge in [0.05, 0.1) is 12.4 Å². The zero-order chi connectivity index (χ0) is 9.90. The van der Waals surface area contributed by atoms with E-state index in [0.717, 1.165) is 13.2 Å². The fourth-order valence-corrected chi connectivity index (χ4v) is 0.926. The molecule has 0 aromatic carbocycles. The van der Waals surface area contributed by atoms with Crippen molar-refractivity contribution in [3.63, 3.8) is 0 Å². The first-order valence-electron chi connectivity index (χ1n) is 4.56. The van der Waals surface area contributed by atoms with Crippen LogP contribution < -0.4 is 0 Å². The summed E-state index contributed by atoms with van der Waals surface area (Å²) in [4.78, 5) is 0. The molecular formula is C8H13N5O. The molecule has 0 aliphatic carbocycles. The summed E-state index contributed by atoms with van der Waals surface area (Å²) in [6.07, 6.45) is 8.49. The van der Waals surface area contributed by atoms with E-state index in [2.05, 4.69) is 25.9 Å². The lowest BCUT2D eigenvalue weighted by Crippen LogP contribution is -2.03. The fourth-order valence-electron chi connectivity index (χ4n) is 0.926. The maximum absolute atomic E-state index is 5.07. The molecule has 2 rings (SSSR count). The minimum atomic E-state index is 1.00. The highest BCUT2D eigenvalue weighted by Gasteiger charge is 1.95. The summed E-state index contributed by atoms with van der Waals surface area (Å²) < 4.78 is 5.07. The Morgan fingerprint density at radius 2 is 1.79 bits per heavy atom. The second-order valence-electron chi connectivity index (χ2n) is 2.66. The fraction of sp³-hybridized carbons (Fsp3) is 0.625. The molecule has 1 fully saturated rings. The van der Waals surface area contributed by atoms with E-state index < -0.39 is 0 Å². The van der Waals surface area contributed by atoms with Crippen LogP contribution in [0.2, 0.25) is 0 Å². The molecule has 1 saturated heterocycles. The monoisotopic (exact) mass is 195 g/mol. The Hall–Kier alpha value is -1.43. The van der Waals surface area contributed by atoms with Gasteiger partial charge in [-0.15, -0.1) is 10.2 Å². The minimum Gasteiger partial charge on any atom is -0.381 e. The average Bonchev–Trinajstić information content (AvgIpc) is 2.20. The Bertz CT molecular complexity index is 175. The molecule has 0 radical (unpaired) electrons. The highest BCUT2D eigenvalue weighted by Crippen LogP contribution is 2.02. The molecule has 0 saturated carbocycles. The van der Waals surface area contributed by atoms with E-state index in [4.69, 9.17) is 4.74 Å². The van der Waals surface area contributed by atoms with E-state index in [1.807, 2.05) is 0 Å². The Balaban J connectivity index is 0.000000146. The first kappa shape index (κ1) is 10.6. The molecule has 0 bridgehead atoms. The lowest BCUT2D eigenvalue weighted by molar-refractivity contribution is 0.0968. The molecule has 2 aliphatic rings. The van der Waals surface area contributed by atoms with Crippen molar-refractivity contribution in [3.05, 3.63) is 12.3 Å². The van der Waals surface area contributed by atoms with Crippen molar-refractivity contribution in [1.82, 2.24) is 0 Å². The van der Waals surface area contributed by atoms with E-state index in [0.29, 0.717) is 0 Å². The van der Waals surface area contributed by atoms with Crippen LogP contribution in [0.1, 0.15) is 19.3 Å². The normalized spacial score (nSPS) is 21.7. The molecule has 0 spiro atoms. The van der Waals surface area contributed by atoms with E-state index in [9.17, 15) is 0 Å². The lowest BCUT2D eigenvalue weighted by Gasteiger charge is -2.08. The zero-order valence-electron chi connectivity index (χ0n) is 7.91. The molecule has 2 heterocycles. The summed E-state index contributed by atoms with van der Waals surface area (Å²) in [5.74, 6) is 0. The number of hydrogen-bond donors (Lipinski definition) is 0. The summed E-state index contributed by atoms with van der Waals surface area (Å²) in [7, 11) is 0. The molecule has 0 unspecified atom stereocenters. The van der Waals surface area contributed by atoms with Crippen LogP contribution in [0.4, 0.5) is 0 Å². The average molecular weight is 195 g/mol. The summed E-state index contributed by atoms with van der Waals surface area (Å²) in [6, 6.07) is 0. The van der Waals surface area contributed by atoms with Crippen molar-refractivity contribution in [2.75, 3.05) is 13.2 Å². The van der Waals surface area contributed by atoms with Gasteiger partial charge in [0.15, 0.2) is 0 Å². The summed E-state index contributed by atoms with van der Waals surface area (Å²) in [5, 5.41) is 16.4. The van der Waals surface area contributed by atoms with Gasteiger partial charge in [0, 0.05) is 13.2 Å². The second-order valence-corrected chi connectivity index (χ2v) is 2.66. The number of nitrogens with zero attached hydrogens (tertiary/aromatic N) is 5. The standard InChI is InChI=1S/C5H10O.C3H3N5/c1-2-4-6-5-3-1;1-2-4-6-8-7-5-3-1/h1-5H2;1-3H/b;2-1?,3-1?,4-2?,5-3?,6-4?,7-5?,8-6-,8-7?. The van der Waals surface area contributed by atoms with Gasteiger partial charge in [-0.25, -0.2) is 0 Å². The van der Waals surface area contributed by atoms with E-state index in [1.54, 1.807) is 6.08 Å². The molecule has 0 N–H and O–H groups in total. The molecule has 0 aromatic heterocycles. The highest BCUT2D eigenvalue weighted by atomic mass is 16.5. The predicted octanol–water partition coefficient (Wildman–Crippen LogP) is 2.51. The van der Waals surface area contributed by atoms with Gasteiger partial charge in [-0.3, -0.25) is 0 Å². The third-order valence-electron chi connectivity index (χ3n) is 1.57. The summed E-state index contributed by atoms with van der Waals surface area (Å²) in [5.41, 5.74) is 0. The summed E-state index contributed by atoms with van der Waals surface area (Å²) >= 11 is 0. The Morgan fingerprint density at radius 3 is 2.43 bits per heavy atom. The van der Waals surface area contributed by atoms with Gasteiger partial charge in [0.1, 0.15) is 0 Å².